The number of hydrogen-bond acceptors (Lipinski definition) is 10. The van der Waals surface area contributed by atoms with Crippen molar-refractivity contribution >= 4 is 17.0 Å². The molecule has 7 rings (SSSR count). The molecule has 0 bridgehead atoms. The van der Waals surface area contributed by atoms with Gasteiger partial charge in [0.1, 0.15) is 18.2 Å². The Kier molecular flexibility index (Phi) is 8.17. The Morgan fingerprint density at radius 2 is 1.74 bits per heavy atom. The molecule has 3 aromatic carbocycles. The summed E-state index contributed by atoms with van der Waals surface area (Å²) < 4.78 is 19.2. The number of ether oxygens (including phenoxy) is 3. The van der Waals surface area contributed by atoms with E-state index < -0.39 is 5.97 Å². The van der Waals surface area contributed by atoms with Gasteiger partial charge in [0.25, 0.3) is 0 Å². The van der Waals surface area contributed by atoms with Crippen molar-refractivity contribution in [3.05, 3.63) is 78.0 Å². The van der Waals surface area contributed by atoms with E-state index in [0.717, 1.165) is 40.8 Å². The molecule has 3 heterocycles. The van der Waals surface area contributed by atoms with Gasteiger partial charge < -0.3 is 23.9 Å². The normalized spacial score (nSPS) is 13.5. The summed E-state index contributed by atoms with van der Waals surface area (Å²) in [5.41, 5.74) is 5.81. The first kappa shape index (κ1) is 29.8. The molecule has 1 aliphatic rings. The Morgan fingerprint density at radius 1 is 0.936 bits per heavy atom. The van der Waals surface area contributed by atoms with E-state index in [1.54, 1.807) is 18.3 Å². The lowest BCUT2D eigenvalue weighted by Gasteiger charge is -2.25. The van der Waals surface area contributed by atoms with Gasteiger partial charge in [-0.1, -0.05) is 25.3 Å². The first-order valence-corrected chi connectivity index (χ1v) is 15.3. The molecule has 0 radical (unpaired) electrons. The van der Waals surface area contributed by atoms with Crippen molar-refractivity contribution < 1.29 is 24.1 Å². The van der Waals surface area contributed by atoms with Gasteiger partial charge in [0.15, 0.2) is 0 Å². The van der Waals surface area contributed by atoms with E-state index in [9.17, 15) is 9.90 Å². The molecule has 0 spiro atoms. The monoisotopic (exact) mass is 632 g/mol. The summed E-state index contributed by atoms with van der Waals surface area (Å²) in [7, 11) is 2.98. The van der Waals surface area contributed by atoms with Gasteiger partial charge in [0.2, 0.25) is 11.7 Å². The highest BCUT2D eigenvalue weighted by Gasteiger charge is 2.23. The number of nitrogens with zero attached hydrogens (tertiary/aromatic N) is 7. The van der Waals surface area contributed by atoms with E-state index in [4.69, 9.17) is 19.2 Å². The summed E-state index contributed by atoms with van der Waals surface area (Å²) >= 11 is 0. The first-order valence-electron chi connectivity index (χ1n) is 15.3. The van der Waals surface area contributed by atoms with Crippen LogP contribution < -0.4 is 14.2 Å². The van der Waals surface area contributed by atoms with E-state index in [0.29, 0.717) is 40.2 Å². The van der Waals surface area contributed by atoms with Gasteiger partial charge in [-0.05, 0) is 83.8 Å². The minimum Gasteiger partial charge on any atom is -0.489 e. The van der Waals surface area contributed by atoms with Crippen LogP contribution in [-0.2, 0) is 6.61 Å². The third-order valence-corrected chi connectivity index (χ3v) is 8.49. The van der Waals surface area contributed by atoms with Gasteiger partial charge in [0, 0.05) is 23.4 Å². The molecule has 0 atom stereocenters. The zero-order chi connectivity index (χ0) is 32.3. The Morgan fingerprint density at radius 3 is 2.47 bits per heavy atom. The van der Waals surface area contributed by atoms with Crippen LogP contribution in [0.5, 0.6) is 17.6 Å². The topological polar surface area (TPSA) is 163 Å². The fraction of sp³-hybridized carbons (Fsp3) is 0.265. The van der Waals surface area contributed by atoms with Crippen molar-refractivity contribution in [2.24, 2.45) is 0 Å². The van der Waals surface area contributed by atoms with Crippen LogP contribution >= 0.6 is 0 Å². The number of H-pyrrole nitrogens is 1. The number of aromatic nitrogens is 8. The molecule has 1 fully saturated rings. The van der Waals surface area contributed by atoms with Gasteiger partial charge in [-0.25, -0.2) is 14.8 Å². The second-order valence-corrected chi connectivity index (χ2v) is 11.3. The van der Waals surface area contributed by atoms with Crippen LogP contribution in [0.25, 0.3) is 44.9 Å². The van der Waals surface area contributed by atoms with Crippen LogP contribution in [0.3, 0.4) is 0 Å². The average molecular weight is 633 g/mol. The Hall–Kier alpha value is -5.85. The SMILES string of the molecule is COc1ncc(-c2ccc(C(=O)O)cc2COc2ccc(-c3nc4cc(-c5nn[nH]n5)ccc4n3C3CCCCC3)cc2)c(OC)n1. The maximum absolute atomic E-state index is 11.8. The molecule has 238 valence electrons. The van der Waals surface area contributed by atoms with E-state index >= 15 is 0 Å². The van der Waals surface area contributed by atoms with E-state index in [1.165, 1.54) is 39.5 Å². The summed E-state index contributed by atoms with van der Waals surface area (Å²) in [5, 5.41) is 24.1. The smallest absolute Gasteiger partial charge is 0.335 e. The second-order valence-electron chi connectivity index (χ2n) is 11.3. The molecule has 0 amide bonds. The van der Waals surface area contributed by atoms with Gasteiger partial charge in [-0.3, -0.25) is 0 Å². The molecule has 6 aromatic rings. The van der Waals surface area contributed by atoms with Crippen LogP contribution in [0.2, 0.25) is 0 Å². The lowest BCUT2D eigenvalue weighted by atomic mass is 9.95. The quantitative estimate of drug-likeness (QED) is 0.178. The summed E-state index contributed by atoms with van der Waals surface area (Å²) in [4.78, 5) is 25.4. The highest BCUT2D eigenvalue weighted by atomic mass is 16.5. The molecule has 47 heavy (non-hydrogen) atoms. The van der Waals surface area contributed by atoms with E-state index in [-0.39, 0.29) is 18.2 Å². The third-order valence-electron chi connectivity index (χ3n) is 8.49. The van der Waals surface area contributed by atoms with E-state index in [2.05, 4.69) is 41.2 Å². The Labute approximate surface area is 269 Å². The number of carboxylic acids is 1. The summed E-state index contributed by atoms with van der Waals surface area (Å²) in [5.74, 6) is 1.31. The zero-order valence-corrected chi connectivity index (χ0v) is 25.9. The number of carbonyl (C=O) groups is 1. The molecule has 2 N–H and O–H groups in total. The third kappa shape index (κ3) is 5.94. The molecule has 3 aromatic heterocycles. The van der Waals surface area contributed by atoms with Crippen molar-refractivity contribution in [1.82, 2.24) is 40.1 Å². The fourth-order valence-corrected chi connectivity index (χ4v) is 6.19. The second kappa shape index (κ2) is 12.9. The van der Waals surface area contributed by atoms with Gasteiger partial charge in [0.05, 0.1) is 36.4 Å². The molecule has 0 aliphatic heterocycles. The first-order chi connectivity index (χ1) is 23.0. The van der Waals surface area contributed by atoms with Crippen LogP contribution in [0.4, 0.5) is 0 Å². The minimum absolute atomic E-state index is 0.102. The van der Waals surface area contributed by atoms with Crippen LogP contribution in [0.15, 0.2) is 66.9 Å². The summed E-state index contributed by atoms with van der Waals surface area (Å²) in [6, 6.07) is 19.3. The lowest BCUT2D eigenvalue weighted by Crippen LogP contribution is -2.14. The number of imidazole rings is 1. The van der Waals surface area contributed by atoms with Crippen LogP contribution in [0, 0.1) is 0 Å². The number of carboxylic acid groups (broad SMARTS) is 1. The molecule has 13 heteroatoms. The number of hydrogen-bond donors (Lipinski definition) is 2. The highest BCUT2D eigenvalue weighted by molar-refractivity contribution is 5.89. The van der Waals surface area contributed by atoms with Gasteiger partial charge in [-0.2, -0.15) is 10.2 Å². The van der Waals surface area contributed by atoms with Crippen molar-refractivity contribution in [3.8, 4) is 51.5 Å². The number of benzene rings is 3. The highest BCUT2D eigenvalue weighted by Crippen LogP contribution is 2.38. The number of fused-ring (bicyclic) bond motifs is 1. The summed E-state index contributed by atoms with van der Waals surface area (Å²) in [6.45, 7) is 0.102. The zero-order valence-electron chi connectivity index (χ0n) is 25.9. The van der Waals surface area contributed by atoms with Gasteiger partial charge in [-0.15, -0.1) is 10.2 Å². The maximum atomic E-state index is 11.8. The fourth-order valence-electron chi connectivity index (χ4n) is 6.19. The number of aromatic amines is 1. The number of aromatic carboxylic acids is 1. The molecule has 1 aliphatic carbocycles. The van der Waals surface area contributed by atoms with Crippen LogP contribution in [0.1, 0.15) is 54.1 Å². The van der Waals surface area contributed by atoms with Crippen molar-refractivity contribution in [3.63, 3.8) is 0 Å². The standard InChI is InChI=1S/C34H32N8O5/c1-45-32-27(18-35-34(37-32)46-2)26-14-10-22(33(43)44)16-23(26)19-47-25-12-8-20(9-13-25)31-36-28-17-21(30-38-40-41-39-30)11-15-29(28)42(31)24-6-4-3-5-7-24/h8-18,24H,3-7,19H2,1-2H3,(H,43,44)(H,38,39,40,41). The number of methoxy groups -OCH3 is 2. The number of rotatable bonds is 10. The lowest BCUT2D eigenvalue weighted by molar-refractivity contribution is 0.0696. The minimum atomic E-state index is -1.04. The largest absolute Gasteiger partial charge is 0.489 e. The molecular weight excluding hydrogens is 600 g/mol. The van der Waals surface area contributed by atoms with Crippen molar-refractivity contribution in [2.75, 3.05) is 14.2 Å². The summed E-state index contributed by atoms with van der Waals surface area (Å²) in [6.07, 6.45) is 7.43. The average Bonchev–Trinajstić information content (AvgIpc) is 3.79. The predicted octanol–water partition coefficient (Wildman–Crippen LogP) is 6.14. The Bertz CT molecular complexity index is 2040. The van der Waals surface area contributed by atoms with Crippen LogP contribution in [-0.4, -0.2) is 65.4 Å². The molecule has 1 saturated carbocycles. The van der Waals surface area contributed by atoms with Gasteiger partial charge >= 0.3 is 12.0 Å². The molecule has 0 saturated heterocycles. The van der Waals surface area contributed by atoms with Crippen molar-refractivity contribution in [1.29, 1.82) is 0 Å². The number of tetrazole rings is 1. The van der Waals surface area contributed by atoms with E-state index in [1.807, 2.05) is 36.4 Å². The number of nitrogens with one attached hydrogen (secondary N) is 1. The Balaban J connectivity index is 1.19. The molecule has 0 unspecified atom stereocenters. The maximum Gasteiger partial charge on any atom is 0.335 e. The van der Waals surface area contributed by atoms with Crippen molar-refractivity contribution in [2.45, 2.75) is 44.8 Å². The molecule has 13 nitrogen and oxygen atoms in total. The predicted molar refractivity (Wildman–Crippen MR) is 172 cm³/mol. The molecular formula is C34H32N8O5.